The molecule has 3 N–H and O–H groups in total. The fraction of sp³-hybridized carbons (Fsp3) is 0.167. The van der Waals surface area contributed by atoms with Gasteiger partial charge < -0.3 is 16.0 Å². The molecule has 4 heteroatoms. The Morgan fingerprint density at radius 2 is 1.64 bits per heavy atom. The molecule has 0 unspecified atom stereocenters. The monoisotopic (exact) mass is 292 g/mol. The van der Waals surface area contributed by atoms with Gasteiger partial charge in [-0.15, -0.1) is 0 Å². The Kier molecular flexibility index (Phi) is 5.44. The molecule has 0 aromatic heterocycles. The number of nitrogens with one attached hydrogen (secondary N) is 3. The lowest BCUT2D eigenvalue weighted by Gasteiger charge is -2.09. The summed E-state index contributed by atoms with van der Waals surface area (Å²) < 4.78 is 0. The summed E-state index contributed by atoms with van der Waals surface area (Å²) >= 11 is 0. The molecule has 0 atom stereocenters. The lowest BCUT2D eigenvalue weighted by Crippen LogP contribution is -1.98. The standard InChI is InChI=1S/C18H20N4/c1-20-17-9-14(10-18(11-17)21-2)8-15(12-19)13-22-16-6-4-3-5-7-16/h3-7,9-11,13,20-22H,8H2,1-2H3. The molecule has 0 bridgehead atoms. The van der Waals surface area contributed by atoms with Crippen LogP contribution >= 0.6 is 0 Å². The van der Waals surface area contributed by atoms with Crippen LogP contribution in [0.2, 0.25) is 0 Å². The van der Waals surface area contributed by atoms with Gasteiger partial charge in [-0.3, -0.25) is 0 Å². The van der Waals surface area contributed by atoms with Crippen LogP contribution in [0.1, 0.15) is 5.56 Å². The maximum Gasteiger partial charge on any atom is 0.0965 e. The first-order valence-electron chi connectivity index (χ1n) is 7.15. The summed E-state index contributed by atoms with van der Waals surface area (Å²) in [5.41, 5.74) is 4.78. The van der Waals surface area contributed by atoms with E-state index < -0.39 is 0 Å². The van der Waals surface area contributed by atoms with E-state index in [2.05, 4.69) is 34.2 Å². The second-order valence-corrected chi connectivity index (χ2v) is 4.89. The van der Waals surface area contributed by atoms with E-state index in [1.807, 2.05) is 50.5 Å². The molecule has 0 fully saturated rings. The van der Waals surface area contributed by atoms with Crippen LogP contribution in [0.25, 0.3) is 0 Å². The van der Waals surface area contributed by atoms with E-state index in [9.17, 15) is 5.26 Å². The largest absolute Gasteiger partial charge is 0.388 e. The maximum atomic E-state index is 9.33. The van der Waals surface area contributed by atoms with Crippen molar-refractivity contribution in [2.24, 2.45) is 0 Å². The molecule has 2 aromatic rings. The second-order valence-electron chi connectivity index (χ2n) is 4.89. The molecule has 0 radical (unpaired) electrons. The van der Waals surface area contributed by atoms with Crippen LogP contribution in [-0.2, 0) is 6.42 Å². The summed E-state index contributed by atoms with van der Waals surface area (Å²) in [5.74, 6) is 0. The summed E-state index contributed by atoms with van der Waals surface area (Å²) in [6.45, 7) is 0. The van der Waals surface area contributed by atoms with E-state index in [0.29, 0.717) is 12.0 Å². The number of nitrogens with zero attached hydrogens (tertiary/aromatic N) is 1. The van der Waals surface area contributed by atoms with Crippen molar-refractivity contribution in [2.45, 2.75) is 6.42 Å². The van der Waals surface area contributed by atoms with Gasteiger partial charge in [0, 0.05) is 49.4 Å². The predicted octanol–water partition coefficient (Wildman–Crippen LogP) is 3.83. The highest BCUT2D eigenvalue weighted by Crippen LogP contribution is 2.20. The second kappa shape index (κ2) is 7.75. The first-order chi connectivity index (χ1) is 10.7. The van der Waals surface area contributed by atoms with Crippen molar-refractivity contribution in [3.05, 3.63) is 65.9 Å². The Balaban J connectivity index is 2.14. The average molecular weight is 292 g/mol. The molecule has 0 spiro atoms. The molecule has 4 nitrogen and oxygen atoms in total. The molecule has 2 aromatic carbocycles. The van der Waals surface area contributed by atoms with Gasteiger partial charge in [0.2, 0.25) is 0 Å². The lowest BCUT2D eigenvalue weighted by atomic mass is 10.0. The minimum absolute atomic E-state index is 0.584. The smallest absolute Gasteiger partial charge is 0.0965 e. The van der Waals surface area contributed by atoms with Crippen molar-refractivity contribution in [3.8, 4) is 6.07 Å². The number of hydrogen-bond donors (Lipinski definition) is 3. The van der Waals surface area contributed by atoms with E-state index >= 15 is 0 Å². The van der Waals surface area contributed by atoms with Crippen LogP contribution in [0, 0.1) is 11.3 Å². The highest BCUT2D eigenvalue weighted by Gasteiger charge is 2.03. The van der Waals surface area contributed by atoms with Gasteiger partial charge in [0.25, 0.3) is 0 Å². The zero-order valence-electron chi connectivity index (χ0n) is 12.9. The van der Waals surface area contributed by atoms with Crippen molar-refractivity contribution in [1.29, 1.82) is 5.26 Å². The fourth-order valence-corrected chi connectivity index (χ4v) is 2.13. The molecule has 0 amide bonds. The van der Waals surface area contributed by atoms with Crippen molar-refractivity contribution >= 4 is 17.1 Å². The van der Waals surface area contributed by atoms with E-state index in [1.165, 1.54) is 0 Å². The minimum atomic E-state index is 0.584. The molecule has 0 aliphatic heterocycles. The molecular formula is C18H20N4. The first kappa shape index (κ1) is 15.5. The Labute approximate surface area is 131 Å². The van der Waals surface area contributed by atoms with Crippen molar-refractivity contribution < 1.29 is 0 Å². The molecule has 2 rings (SSSR count). The Morgan fingerprint density at radius 3 is 2.18 bits per heavy atom. The Morgan fingerprint density at radius 1 is 1.00 bits per heavy atom. The molecule has 0 aliphatic rings. The first-order valence-corrected chi connectivity index (χ1v) is 7.15. The van der Waals surface area contributed by atoms with Crippen molar-refractivity contribution in [1.82, 2.24) is 0 Å². The number of anilines is 3. The van der Waals surface area contributed by atoms with Crippen LogP contribution in [-0.4, -0.2) is 14.1 Å². The van der Waals surface area contributed by atoms with Gasteiger partial charge in [0.05, 0.1) is 6.07 Å². The van der Waals surface area contributed by atoms with Gasteiger partial charge in [0.1, 0.15) is 0 Å². The number of rotatable bonds is 6. The highest BCUT2D eigenvalue weighted by atomic mass is 14.9. The SMILES string of the molecule is CNc1cc(CC(C#N)=CNc2ccccc2)cc(NC)c1. The van der Waals surface area contributed by atoms with E-state index in [0.717, 1.165) is 22.6 Å². The number of benzene rings is 2. The fourth-order valence-electron chi connectivity index (χ4n) is 2.13. The topological polar surface area (TPSA) is 59.9 Å². The van der Waals surface area contributed by atoms with Crippen LogP contribution in [0.5, 0.6) is 0 Å². The van der Waals surface area contributed by atoms with Crippen molar-refractivity contribution in [3.63, 3.8) is 0 Å². The third kappa shape index (κ3) is 4.29. The van der Waals surface area contributed by atoms with Gasteiger partial charge in [-0.1, -0.05) is 18.2 Å². The van der Waals surface area contributed by atoms with Crippen LogP contribution in [0.3, 0.4) is 0 Å². The van der Waals surface area contributed by atoms with Gasteiger partial charge >= 0.3 is 0 Å². The number of hydrogen-bond acceptors (Lipinski definition) is 4. The number of para-hydroxylation sites is 1. The lowest BCUT2D eigenvalue weighted by molar-refractivity contribution is 1.19. The number of nitriles is 1. The van der Waals surface area contributed by atoms with E-state index in [4.69, 9.17) is 0 Å². The molecule has 0 saturated carbocycles. The van der Waals surface area contributed by atoms with Gasteiger partial charge in [0.15, 0.2) is 0 Å². The molecule has 112 valence electrons. The predicted molar refractivity (Wildman–Crippen MR) is 93.0 cm³/mol. The Bertz CT molecular complexity index is 662. The maximum absolute atomic E-state index is 9.33. The zero-order chi connectivity index (χ0) is 15.8. The van der Waals surface area contributed by atoms with Gasteiger partial charge in [-0.25, -0.2) is 0 Å². The van der Waals surface area contributed by atoms with Gasteiger partial charge in [-0.2, -0.15) is 5.26 Å². The van der Waals surface area contributed by atoms with Gasteiger partial charge in [-0.05, 0) is 35.9 Å². The summed E-state index contributed by atoms with van der Waals surface area (Å²) in [6.07, 6.45) is 2.35. The molecule has 22 heavy (non-hydrogen) atoms. The zero-order valence-corrected chi connectivity index (χ0v) is 12.9. The Hall–Kier alpha value is -2.93. The van der Waals surface area contributed by atoms with Crippen LogP contribution in [0.15, 0.2) is 60.3 Å². The summed E-state index contributed by atoms with van der Waals surface area (Å²) in [4.78, 5) is 0. The summed E-state index contributed by atoms with van der Waals surface area (Å²) in [6, 6.07) is 18.2. The van der Waals surface area contributed by atoms with Crippen LogP contribution in [0.4, 0.5) is 17.1 Å². The molecule has 0 aliphatic carbocycles. The minimum Gasteiger partial charge on any atom is -0.388 e. The summed E-state index contributed by atoms with van der Waals surface area (Å²) in [5, 5.41) is 18.8. The van der Waals surface area contributed by atoms with Crippen molar-refractivity contribution in [2.75, 3.05) is 30.0 Å². The third-order valence-corrected chi connectivity index (χ3v) is 3.30. The molecular weight excluding hydrogens is 272 g/mol. The third-order valence-electron chi connectivity index (χ3n) is 3.30. The molecule has 0 heterocycles. The van der Waals surface area contributed by atoms with E-state index in [-0.39, 0.29) is 0 Å². The van der Waals surface area contributed by atoms with Crippen LogP contribution < -0.4 is 16.0 Å². The summed E-state index contributed by atoms with van der Waals surface area (Å²) in [7, 11) is 3.77. The normalized spacial score (nSPS) is 10.7. The highest BCUT2D eigenvalue weighted by molar-refractivity contribution is 5.59. The number of allylic oxidation sites excluding steroid dienone is 1. The quantitative estimate of drug-likeness (QED) is 0.708. The molecule has 0 saturated heterocycles. The van der Waals surface area contributed by atoms with E-state index in [1.54, 1.807) is 6.20 Å². The average Bonchev–Trinajstić information content (AvgIpc) is 2.59.